The summed E-state index contributed by atoms with van der Waals surface area (Å²) in [6.45, 7) is 0. The highest BCUT2D eigenvalue weighted by atomic mass is 35.6. The van der Waals surface area contributed by atoms with E-state index in [0.29, 0.717) is 22.2 Å². The number of halogens is 4. The fourth-order valence-corrected chi connectivity index (χ4v) is 2.23. The van der Waals surface area contributed by atoms with Crippen LogP contribution in [0.25, 0.3) is 11.4 Å². The average Bonchev–Trinajstić information content (AvgIpc) is 2.55. The molecule has 0 unspecified atom stereocenters. The molecule has 0 aliphatic heterocycles. The Bertz CT molecular complexity index is 836. The van der Waals surface area contributed by atoms with Gasteiger partial charge in [-0.1, -0.05) is 64.6 Å². The van der Waals surface area contributed by atoms with Gasteiger partial charge in [0.1, 0.15) is 5.75 Å². The lowest BCUT2D eigenvalue weighted by Gasteiger charge is -2.12. The maximum atomic E-state index is 5.92. The van der Waals surface area contributed by atoms with Crippen LogP contribution in [0.5, 0.6) is 11.8 Å². The van der Waals surface area contributed by atoms with Crippen molar-refractivity contribution in [2.75, 3.05) is 0 Å². The van der Waals surface area contributed by atoms with E-state index in [0.717, 1.165) is 0 Å². The largest absolute Gasteiger partial charge is 0.424 e. The monoisotopic (exact) mass is 399 g/mol. The molecule has 0 bridgehead atoms. The van der Waals surface area contributed by atoms with Crippen LogP contribution < -0.4 is 4.74 Å². The van der Waals surface area contributed by atoms with Gasteiger partial charge in [0.15, 0.2) is 11.6 Å². The normalized spacial score (nSPS) is 11.3. The van der Waals surface area contributed by atoms with Crippen LogP contribution >= 0.6 is 46.4 Å². The van der Waals surface area contributed by atoms with Crippen LogP contribution in [-0.4, -0.2) is 15.0 Å². The minimum Gasteiger partial charge on any atom is -0.424 e. The van der Waals surface area contributed by atoms with Gasteiger partial charge in [-0.3, -0.25) is 0 Å². The zero-order chi connectivity index (χ0) is 17.2. The Morgan fingerprint density at radius 2 is 1.46 bits per heavy atom. The first kappa shape index (κ1) is 17.2. The van der Waals surface area contributed by atoms with Crippen LogP contribution in [-0.2, 0) is 3.79 Å². The highest BCUT2D eigenvalue weighted by Gasteiger charge is 2.29. The zero-order valence-electron chi connectivity index (χ0n) is 12.0. The third-order valence-electron chi connectivity index (χ3n) is 2.92. The van der Waals surface area contributed by atoms with Crippen molar-refractivity contribution in [1.29, 1.82) is 0 Å². The Hall–Kier alpha value is -1.59. The standard InChI is InChI=1S/C16H9Cl4N3O/c17-11-8-6-10(7-9-11)13-21-14(16(18,19)20)23-15(22-13)24-12-4-2-1-3-5-12/h1-9H. The van der Waals surface area contributed by atoms with Gasteiger partial charge in [-0.2, -0.15) is 9.97 Å². The molecule has 0 saturated heterocycles. The molecule has 8 heteroatoms. The van der Waals surface area contributed by atoms with E-state index in [1.807, 2.05) is 18.2 Å². The molecule has 0 aliphatic rings. The fourth-order valence-electron chi connectivity index (χ4n) is 1.85. The second kappa shape index (κ2) is 7.11. The second-order valence-corrected chi connectivity index (χ2v) is 7.40. The number of rotatable bonds is 3. The second-order valence-electron chi connectivity index (χ2n) is 4.68. The van der Waals surface area contributed by atoms with Gasteiger partial charge in [0.05, 0.1) is 0 Å². The first-order chi connectivity index (χ1) is 11.4. The zero-order valence-corrected chi connectivity index (χ0v) is 15.0. The summed E-state index contributed by atoms with van der Waals surface area (Å²) >= 11 is 23.7. The highest BCUT2D eigenvalue weighted by Crippen LogP contribution is 2.37. The van der Waals surface area contributed by atoms with Gasteiger partial charge >= 0.3 is 6.01 Å². The molecule has 1 aromatic heterocycles. The number of nitrogens with zero attached hydrogens (tertiary/aromatic N) is 3. The molecule has 1 heterocycles. The number of alkyl halides is 3. The first-order valence-electron chi connectivity index (χ1n) is 6.74. The molecule has 0 amide bonds. The van der Waals surface area contributed by atoms with E-state index in [4.69, 9.17) is 51.1 Å². The summed E-state index contributed by atoms with van der Waals surface area (Å²) in [6, 6.07) is 16.0. The van der Waals surface area contributed by atoms with E-state index in [1.54, 1.807) is 36.4 Å². The van der Waals surface area contributed by atoms with Crippen molar-refractivity contribution in [2.45, 2.75) is 3.79 Å². The van der Waals surface area contributed by atoms with Crippen molar-refractivity contribution in [2.24, 2.45) is 0 Å². The Balaban J connectivity index is 2.05. The molecular weight excluding hydrogens is 392 g/mol. The molecule has 3 rings (SSSR count). The fraction of sp³-hybridized carbons (Fsp3) is 0.0625. The van der Waals surface area contributed by atoms with Crippen molar-refractivity contribution < 1.29 is 4.74 Å². The molecule has 3 aromatic rings. The Morgan fingerprint density at radius 1 is 0.792 bits per heavy atom. The van der Waals surface area contributed by atoms with Crippen LogP contribution in [0.1, 0.15) is 5.82 Å². The molecule has 0 aliphatic carbocycles. The van der Waals surface area contributed by atoms with Crippen LogP contribution in [0, 0.1) is 0 Å². The smallest absolute Gasteiger partial charge is 0.325 e. The van der Waals surface area contributed by atoms with E-state index >= 15 is 0 Å². The van der Waals surface area contributed by atoms with Crippen molar-refractivity contribution >= 4 is 46.4 Å². The Labute approximate surface area is 158 Å². The minimum atomic E-state index is -1.81. The van der Waals surface area contributed by atoms with Crippen molar-refractivity contribution in [1.82, 2.24) is 15.0 Å². The van der Waals surface area contributed by atoms with Crippen molar-refractivity contribution in [3.8, 4) is 23.1 Å². The Kier molecular flexibility index (Phi) is 5.11. The predicted molar refractivity (Wildman–Crippen MR) is 96.0 cm³/mol. The maximum absolute atomic E-state index is 5.92. The van der Waals surface area contributed by atoms with Crippen LogP contribution in [0.15, 0.2) is 54.6 Å². The molecule has 4 nitrogen and oxygen atoms in total. The SMILES string of the molecule is Clc1ccc(-c2nc(Oc3ccccc3)nc(C(Cl)(Cl)Cl)n2)cc1. The molecule has 122 valence electrons. The van der Waals surface area contributed by atoms with E-state index in [1.165, 1.54) is 0 Å². The summed E-state index contributed by atoms with van der Waals surface area (Å²) in [6.07, 6.45) is 0. The Morgan fingerprint density at radius 3 is 2.08 bits per heavy atom. The molecule has 0 spiro atoms. The summed E-state index contributed by atoms with van der Waals surface area (Å²) in [5.74, 6) is 0.841. The molecule has 0 fully saturated rings. The number of para-hydroxylation sites is 1. The third-order valence-corrected chi connectivity index (χ3v) is 3.68. The first-order valence-corrected chi connectivity index (χ1v) is 8.25. The number of hydrogen-bond donors (Lipinski definition) is 0. The van der Waals surface area contributed by atoms with E-state index in [2.05, 4.69) is 15.0 Å². The predicted octanol–water partition coefficient (Wildman–Crippen LogP) is 5.81. The lowest BCUT2D eigenvalue weighted by molar-refractivity contribution is 0.437. The van der Waals surface area contributed by atoms with Crippen LogP contribution in [0.2, 0.25) is 5.02 Å². The van der Waals surface area contributed by atoms with E-state index < -0.39 is 3.79 Å². The van der Waals surface area contributed by atoms with E-state index in [-0.39, 0.29) is 11.8 Å². The molecule has 0 atom stereocenters. The summed E-state index contributed by atoms with van der Waals surface area (Å²) in [5, 5.41) is 0.593. The molecular formula is C16H9Cl4N3O. The number of hydrogen-bond acceptors (Lipinski definition) is 4. The quantitative estimate of drug-likeness (QED) is 0.520. The molecule has 2 aromatic carbocycles. The number of aromatic nitrogens is 3. The maximum Gasteiger partial charge on any atom is 0.325 e. The minimum absolute atomic E-state index is 0.0293. The molecule has 0 saturated carbocycles. The van der Waals surface area contributed by atoms with E-state index in [9.17, 15) is 0 Å². The van der Waals surface area contributed by atoms with Crippen LogP contribution in [0.4, 0.5) is 0 Å². The third kappa shape index (κ3) is 4.28. The van der Waals surface area contributed by atoms with Crippen molar-refractivity contribution in [3.05, 3.63) is 65.4 Å². The van der Waals surface area contributed by atoms with Gasteiger partial charge in [0.2, 0.25) is 3.79 Å². The summed E-state index contributed by atoms with van der Waals surface area (Å²) in [7, 11) is 0. The molecule has 0 radical (unpaired) electrons. The summed E-state index contributed by atoms with van der Waals surface area (Å²) in [5.41, 5.74) is 0.690. The van der Waals surface area contributed by atoms with Gasteiger partial charge in [0, 0.05) is 10.6 Å². The molecule has 24 heavy (non-hydrogen) atoms. The van der Waals surface area contributed by atoms with Gasteiger partial charge in [-0.05, 0) is 36.4 Å². The topological polar surface area (TPSA) is 47.9 Å². The van der Waals surface area contributed by atoms with Gasteiger partial charge in [0.25, 0.3) is 0 Å². The lowest BCUT2D eigenvalue weighted by atomic mass is 10.2. The average molecular weight is 401 g/mol. The molecule has 0 N–H and O–H groups in total. The number of benzene rings is 2. The van der Waals surface area contributed by atoms with Gasteiger partial charge < -0.3 is 4.74 Å². The summed E-state index contributed by atoms with van der Waals surface area (Å²) in [4.78, 5) is 12.6. The number of ether oxygens (including phenoxy) is 1. The van der Waals surface area contributed by atoms with Crippen LogP contribution in [0.3, 0.4) is 0 Å². The lowest BCUT2D eigenvalue weighted by Crippen LogP contribution is -2.10. The van der Waals surface area contributed by atoms with Gasteiger partial charge in [-0.25, -0.2) is 4.98 Å². The van der Waals surface area contributed by atoms with Gasteiger partial charge in [-0.15, -0.1) is 0 Å². The van der Waals surface area contributed by atoms with Crippen molar-refractivity contribution in [3.63, 3.8) is 0 Å². The summed E-state index contributed by atoms with van der Waals surface area (Å²) < 4.78 is 3.83. The highest BCUT2D eigenvalue weighted by molar-refractivity contribution is 6.66.